The fourth-order valence-corrected chi connectivity index (χ4v) is 3.38. The van der Waals surface area contributed by atoms with Crippen LogP contribution in [-0.2, 0) is 6.61 Å². The van der Waals surface area contributed by atoms with Gasteiger partial charge in [-0.2, -0.15) is 5.10 Å². The van der Waals surface area contributed by atoms with Gasteiger partial charge in [0.25, 0.3) is 5.91 Å². The van der Waals surface area contributed by atoms with Gasteiger partial charge < -0.3 is 4.74 Å². The zero-order chi connectivity index (χ0) is 20.8. The van der Waals surface area contributed by atoms with Crippen LogP contribution < -0.4 is 10.2 Å². The Bertz CT molecular complexity index is 1060. The summed E-state index contributed by atoms with van der Waals surface area (Å²) in [7, 11) is 0. The van der Waals surface area contributed by atoms with Gasteiger partial charge in [-0.3, -0.25) is 4.79 Å². The van der Waals surface area contributed by atoms with E-state index in [2.05, 4.69) is 33.1 Å². The maximum Gasteiger partial charge on any atom is 0.271 e. The molecule has 3 aromatic rings. The Kier molecular flexibility index (Phi) is 7.77. The lowest BCUT2D eigenvalue weighted by Crippen LogP contribution is -2.17. The first-order chi connectivity index (χ1) is 13.9. The number of carbonyl (C=O) groups is 1. The Balaban J connectivity index is 1.70. The van der Waals surface area contributed by atoms with Crippen molar-refractivity contribution in [3.8, 4) is 5.75 Å². The average molecular weight is 560 g/mol. The number of carbonyl (C=O) groups excluding carboxylic acids is 1. The number of amides is 1. The molecule has 8 heteroatoms. The summed E-state index contributed by atoms with van der Waals surface area (Å²) in [6.45, 7) is 0.244. The van der Waals surface area contributed by atoms with Crippen LogP contribution in [0, 0.1) is 3.57 Å². The van der Waals surface area contributed by atoms with Crippen LogP contribution >= 0.6 is 57.4 Å². The normalized spacial score (nSPS) is 10.9. The lowest BCUT2D eigenvalue weighted by molar-refractivity contribution is 0.0955. The number of hydrazone groups is 1. The first-order valence-electron chi connectivity index (χ1n) is 8.37. The van der Waals surface area contributed by atoms with Crippen LogP contribution in [0.4, 0.5) is 0 Å². The van der Waals surface area contributed by atoms with Crippen molar-refractivity contribution in [3.05, 3.63) is 96.0 Å². The van der Waals surface area contributed by atoms with Crippen LogP contribution in [0.25, 0.3) is 0 Å². The fourth-order valence-electron chi connectivity index (χ4n) is 2.37. The van der Waals surface area contributed by atoms with Crippen LogP contribution in [0.1, 0.15) is 21.5 Å². The molecule has 0 aromatic heterocycles. The summed E-state index contributed by atoms with van der Waals surface area (Å²) in [5, 5.41) is 5.62. The smallest absolute Gasteiger partial charge is 0.271 e. The molecule has 0 bridgehead atoms. The van der Waals surface area contributed by atoms with Crippen molar-refractivity contribution in [2.75, 3.05) is 0 Å². The summed E-state index contributed by atoms with van der Waals surface area (Å²) < 4.78 is 6.91. The third-order valence-electron chi connectivity index (χ3n) is 3.85. The van der Waals surface area contributed by atoms with Gasteiger partial charge in [0.1, 0.15) is 12.4 Å². The number of halogens is 4. The van der Waals surface area contributed by atoms with Gasteiger partial charge in [-0.1, -0.05) is 40.9 Å². The number of hydrogen-bond donors (Lipinski definition) is 1. The van der Waals surface area contributed by atoms with Crippen LogP contribution in [0.15, 0.2) is 65.8 Å². The number of nitrogens with one attached hydrogen (secondary N) is 1. The van der Waals surface area contributed by atoms with Gasteiger partial charge in [-0.05, 0) is 77.2 Å². The maximum absolute atomic E-state index is 12.2. The zero-order valence-corrected chi connectivity index (χ0v) is 19.3. The van der Waals surface area contributed by atoms with Crippen molar-refractivity contribution in [1.82, 2.24) is 5.43 Å². The standard InChI is InChI=1S/C21H14Cl3IN2O2/c22-16-5-8-20(29-12-14-1-4-17(23)10-19(14)24)15(9-16)11-26-27-21(28)13-2-6-18(25)7-3-13/h1-11H,12H2,(H,27,28)/b26-11-. The molecule has 0 radical (unpaired) electrons. The molecule has 148 valence electrons. The first-order valence-corrected chi connectivity index (χ1v) is 10.6. The number of rotatable bonds is 6. The van der Waals surface area contributed by atoms with E-state index in [0.29, 0.717) is 31.9 Å². The minimum Gasteiger partial charge on any atom is -0.488 e. The van der Waals surface area contributed by atoms with E-state index < -0.39 is 0 Å². The van der Waals surface area contributed by atoms with Crippen molar-refractivity contribution >= 4 is 69.5 Å². The van der Waals surface area contributed by atoms with Gasteiger partial charge in [0.15, 0.2) is 0 Å². The summed E-state index contributed by atoms with van der Waals surface area (Å²) in [6, 6.07) is 17.5. The number of ether oxygens (including phenoxy) is 1. The fraction of sp³-hybridized carbons (Fsp3) is 0.0476. The molecular formula is C21H14Cl3IN2O2. The quantitative estimate of drug-likeness (QED) is 0.210. The molecular weight excluding hydrogens is 546 g/mol. The van der Waals surface area contributed by atoms with E-state index in [4.69, 9.17) is 39.5 Å². The largest absolute Gasteiger partial charge is 0.488 e. The molecule has 0 aliphatic rings. The topological polar surface area (TPSA) is 50.7 Å². The molecule has 0 fully saturated rings. The van der Waals surface area contributed by atoms with Crippen molar-refractivity contribution in [2.24, 2.45) is 5.10 Å². The molecule has 0 saturated heterocycles. The number of benzene rings is 3. The van der Waals surface area contributed by atoms with Gasteiger partial charge in [0.05, 0.1) is 6.21 Å². The van der Waals surface area contributed by atoms with E-state index in [0.717, 1.165) is 9.13 Å². The molecule has 0 aliphatic carbocycles. The molecule has 0 spiro atoms. The zero-order valence-electron chi connectivity index (χ0n) is 14.8. The van der Waals surface area contributed by atoms with E-state index >= 15 is 0 Å². The maximum atomic E-state index is 12.2. The van der Waals surface area contributed by atoms with Crippen molar-refractivity contribution in [3.63, 3.8) is 0 Å². The molecule has 0 heterocycles. The molecule has 1 amide bonds. The Morgan fingerprint density at radius 1 is 1.00 bits per heavy atom. The van der Waals surface area contributed by atoms with Crippen molar-refractivity contribution in [2.45, 2.75) is 6.61 Å². The van der Waals surface area contributed by atoms with Crippen LogP contribution in [0.2, 0.25) is 15.1 Å². The van der Waals surface area contributed by atoms with Gasteiger partial charge in [-0.15, -0.1) is 0 Å². The van der Waals surface area contributed by atoms with E-state index in [1.54, 1.807) is 48.5 Å². The summed E-state index contributed by atoms with van der Waals surface area (Å²) in [5.41, 5.74) is 4.42. The second kappa shape index (κ2) is 10.3. The molecule has 0 saturated carbocycles. The second-order valence-electron chi connectivity index (χ2n) is 5.91. The number of hydrogen-bond acceptors (Lipinski definition) is 3. The van der Waals surface area contributed by atoms with Crippen LogP contribution in [0.5, 0.6) is 5.75 Å². The lowest BCUT2D eigenvalue weighted by atomic mass is 10.2. The minimum absolute atomic E-state index is 0.244. The average Bonchev–Trinajstić information content (AvgIpc) is 2.69. The van der Waals surface area contributed by atoms with E-state index in [9.17, 15) is 4.79 Å². The van der Waals surface area contributed by atoms with E-state index in [1.807, 2.05) is 12.1 Å². The summed E-state index contributed by atoms with van der Waals surface area (Å²) in [5.74, 6) is 0.239. The second-order valence-corrected chi connectivity index (χ2v) is 8.44. The van der Waals surface area contributed by atoms with Crippen LogP contribution in [0.3, 0.4) is 0 Å². The highest BCUT2D eigenvalue weighted by Gasteiger charge is 2.07. The highest BCUT2D eigenvalue weighted by atomic mass is 127. The molecule has 0 atom stereocenters. The Morgan fingerprint density at radius 2 is 1.69 bits per heavy atom. The monoisotopic (exact) mass is 558 g/mol. The lowest BCUT2D eigenvalue weighted by Gasteiger charge is -2.11. The Labute approximate surface area is 197 Å². The minimum atomic E-state index is -0.310. The predicted molar refractivity (Wildman–Crippen MR) is 126 cm³/mol. The van der Waals surface area contributed by atoms with Gasteiger partial charge in [-0.25, -0.2) is 5.43 Å². The van der Waals surface area contributed by atoms with E-state index in [1.165, 1.54) is 6.21 Å². The van der Waals surface area contributed by atoms with Gasteiger partial charge in [0, 0.05) is 35.3 Å². The highest BCUT2D eigenvalue weighted by Crippen LogP contribution is 2.25. The third-order valence-corrected chi connectivity index (χ3v) is 5.39. The molecule has 3 aromatic carbocycles. The van der Waals surface area contributed by atoms with Crippen molar-refractivity contribution in [1.29, 1.82) is 0 Å². The summed E-state index contributed by atoms with van der Waals surface area (Å²) >= 11 is 20.4. The van der Waals surface area contributed by atoms with Gasteiger partial charge in [0.2, 0.25) is 0 Å². The molecule has 29 heavy (non-hydrogen) atoms. The van der Waals surface area contributed by atoms with E-state index in [-0.39, 0.29) is 12.5 Å². The number of nitrogens with zero attached hydrogens (tertiary/aromatic N) is 1. The molecule has 0 unspecified atom stereocenters. The molecule has 0 aliphatic heterocycles. The summed E-state index contributed by atoms with van der Waals surface area (Å²) in [6.07, 6.45) is 1.48. The third kappa shape index (κ3) is 6.34. The van der Waals surface area contributed by atoms with Crippen molar-refractivity contribution < 1.29 is 9.53 Å². The Hall–Kier alpha value is -1.80. The highest BCUT2D eigenvalue weighted by molar-refractivity contribution is 14.1. The predicted octanol–water partition coefficient (Wildman–Crippen LogP) is 6.59. The molecule has 4 nitrogen and oxygen atoms in total. The molecule has 3 rings (SSSR count). The first kappa shape index (κ1) is 21.9. The summed E-state index contributed by atoms with van der Waals surface area (Å²) in [4.78, 5) is 12.2. The van der Waals surface area contributed by atoms with Crippen LogP contribution in [-0.4, -0.2) is 12.1 Å². The molecule has 1 N–H and O–H groups in total. The van der Waals surface area contributed by atoms with Gasteiger partial charge >= 0.3 is 0 Å². The SMILES string of the molecule is O=C(N/N=C\c1cc(Cl)ccc1OCc1ccc(Cl)cc1Cl)c1ccc(I)cc1. The Morgan fingerprint density at radius 3 is 2.41 bits per heavy atom.